The Morgan fingerprint density at radius 2 is 2.33 bits per heavy atom. The van der Waals surface area contributed by atoms with Crippen molar-refractivity contribution < 1.29 is 4.39 Å². The number of rotatable bonds is 3. The van der Waals surface area contributed by atoms with E-state index in [0.29, 0.717) is 6.54 Å². The molecule has 2 nitrogen and oxygen atoms in total. The van der Waals surface area contributed by atoms with E-state index in [4.69, 9.17) is 5.73 Å². The molecule has 1 fully saturated rings. The van der Waals surface area contributed by atoms with Gasteiger partial charge in [0.1, 0.15) is 6.17 Å². The molecule has 1 saturated heterocycles. The predicted octanol–water partition coefficient (Wildman–Crippen LogP) is 1.16. The van der Waals surface area contributed by atoms with E-state index in [1.807, 2.05) is 0 Å². The minimum atomic E-state index is -0.810. The lowest BCUT2D eigenvalue weighted by atomic mass is 10.0. The minimum absolute atomic E-state index is 0.220. The zero-order valence-corrected chi connectivity index (χ0v) is 7.80. The Bertz CT molecular complexity index is 128. The van der Waals surface area contributed by atoms with Gasteiger partial charge >= 0.3 is 0 Å². The summed E-state index contributed by atoms with van der Waals surface area (Å²) in [5.74, 6) is 0. The monoisotopic (exact) mass is 174 g/mol. The summed E-state index contributed by atoms with van der Waals surface area (Å²) >= 11 is 0. The molecule has 1 aliphatic rings. The van der Waals surface area contributed by atoms with Crippen LogP contribution in [0.3, 0.4) is 0 Å². The lowest BCUT2D eigenvalue weighted by molar-refractivity contribution is 0.118. The van der Waals surface area contributed by atoms with Crippen LogP contribution < -0.4 is 5.73 Å². The summed E-state index contributed by atoms with van der Waals surface area (Å²) in [6.45, 7) is 4.70. The highest BCUT2D eigenvalue weighted by Gasteiger charge is 2.25. The Labute approximate surface area is 73.9 Å². The molecular formula is C9H19FN2. The highest BCUT2D eigenvalue weighted by Crippen LogP contribution is 2.12. The molecule has 0 amide bonds. The summed E-state index contributed by atoms with van der Waals surface area (Å²) in [6, 6.07) is -0.220. The molecule has 0 aromatic heterocycles. The van der Waals surface area contributed by atoms with Gasteiger partial charge in [0.2, 0.25) is 0 Å². The van der Waals surface area contributed by atoms with Crippen molar-refractivity contribution in [2.75, 3.05) is 19.6 Å². The first-order valence-corrected chi connectivity index (χ1v) is 4.86. The van der Waals surface area contributed by atoms with Gasteiger partial charge in [-0.1, -0.05) is 13.3 Å². The van der Waals surface area contributed by atoms with Gasteiger partial charge < -0.3 is 10.6 Å². The Hall–Kier alpha value is -0.150. The maximum atomic E-state index is 13.1. The van der Waals surface area contributed by atoms with Crippen molar-refractivity contribution >= 4 is 0 Å². The van der Waals surface area contributed by atoms with Crippen LogP contribution in [0.15, 0.2) is 0 Å². The van der Waals surface area contributed by atoms with E-state index < -0.39 is 6.17 Å². The maximum Gasteiger partial charge on any atom is 0.128 e. The topological polar surface area (TPSA) is 29.3 Å². The summed E-state index contributed by atoms with van der Waals surface area (Å²) in [5.41, 5.74) is 5.57. The third-order valence-corrected chi connectivity index (χ3v) is 2.50. The smallest absolute Gasteiger partial charge is 0.128 e. The van der Waals surface area contributed by atoms with Crippen LogP contribution in [-0.2, 0) is 0 Å². The number of piperidine rings is 1. The van der Waals surface area contributed by atoms with Gasteiger partial charge in [-0.05, 0) is 25.9 Å². The molecule has 1 aliphatic heterocycles. The van der Waals surface area contributed by atoms with E-state index in [2.05, 4.69) is 11.8 Å². The fraction of sp³-hybridized carbons (Fsp3) is 1.00. The second-order valence-electron chi connectivity index (χ2n) is 3.62. The summed E-state index contributed by atoms with van der Waals surface area (Å²) in [5, 5.41) is 0. The lowest BCUT2D eigenvalue weighted by Crippen LogP contribution is -2.48. The second kappa shape index (κ2) is 4.77. The zero-order valence-electron chi connectivity index (χ0n) is 7.80. The number of unbranched alkanes of at least 4 members (excludes halogenated alkanes) is 1. The van der Waals surface area contributed by atoms with E-state index in [9.17, 15) is 4.39 Å². The van der Waals surface area contributed by atoms with Gasteiger partial charge in [-0.15, -0.1) is 0 Å². The lowest BCUT2D eigenvalue weighted by Gasteiger charge is -2.32. The molecule has 0 spiro atoms. The largest absolute Gasteiger partial charge is 0.325 e. The molecule has 0 bridgehead atoms. The quantitative estimate of drug-likeness (QED) is 0.695. The highest BCUT2D eigenvalue weighted by atomic mass is 19.1. The summed E-state index contributed by atoms with van der Waals surface area (Å²) in [7, 11) is 0. The Morgan fingerprint density at radius 3 is 2.92 bits per heavy atom. The molecule has 1 heterocycles. The molecule has 0 saturated carbocycles. The first kappa shape index (κ1) is 9.93. The van der Waals surface area contributed by atoms with Crippen molar-refractivity contribution in [3.05, 3.63) is 0 Å². The molecular weight excluding hydrogens is 155 g/mol. The van der Waals surface area contributed by atoms with Gasteiger partial charge in [0.05, 0.1) is 0 Å². The van der Waals surface area contributed by atoms with E-state index in [1.165, 1.54) is 12.8 Å². The average Bonchev–Trinajstić information content (AvgIpc) is 2.07. The number of halogens is 1. The number of nitrogens with zero attached hydrogens (tertiary/aromatic N) is 1. The number of hydrogen-bond acceptors (Lipinski definition) is 2. The predicted molar refractivity (Wildman–Crippen MR) is 48.8 cm³/mol. The first-order chi connectivity index (χ1) is 5.74. The zero-order chi connectivity index (χ0) is 8.97. The second-order valence-corrected chi connectivity index (χ2v) is 3.62. The van der Waals surface area contributed by atoms with Crippen molar-refractivity contribution in [3.63, 3.8) is 0 Å². The van der Waals surface area contributed by atoms with Crippen LogP contribution >= 0.6 is 0 Å². The van der Waals surface area contributed by atoms with Crippen LogP contribution in [0.5, 0.6) is 0 Å². The van der Waals surface area contributed by atoms with E-state index in [1.54, 1.807) is 0 Å². The van der Waals surface area contributed by atoms with Crippen LogP contribution in [0, 0.1) is 0 Å². The summed E-state index contributed by atoms with van der Waals surface area (Å²) in [4.78, 5) is 2.18. The average molecular weight is 174 g/mol. The molecule has 0 aromatic rings. The van der Waals surface area contributed by atoms with Gasteiger partial charge in [-0.2, -0.15) is 0 Å². The van der Waals surface area contributed by atoms with E-state index in [0.717, 1.165) is 19.5 Å². The first-order valence-electron chi connectivity index (χ1n) is 4.86. The van der Waals surface area contributed by atoms with Crippen LogP contribution in [0.2, 0.25) is 0 Å². The third-order valence-electron chi connectivity index (χ3n) is 2.50. The van der Waals surface area contributed by atoms with Crippen LogP contribution in [0.1, 0.15) is 26.2 Å². The van der Waals surface area contributed by atoms with Crippen LogP contribution in [0.4, 0.5) is 4.39 Å². The standard InChI is InChI=1S/C9H19FN2/c1-2-3-5-12-6-4-9(11)8(10)7-12/h8-9H,2-7,11H2,1H3/t8-,9+/m0/s1. The van der Waals surface area contributed by atoms with Gasteiger partial charge in [-0.3, -0.25) is 0 Å². The van der Waals surface area contributed by atoms with Crippen LogP contribution in [0.25, 0.3) is 0 Å². The molecule has 72 valence electrons. The van der Waals surface area contributed by atoms with E-state index in [-0.39, 0.29) is 6.04 Å². The number of likely N-dealkylation sites (tertiary alicyclic amines) is 1. The Balaban J connectivity index is 2.21. The Kier molecular flexibility index (Phi) is 3.95. The number of nitrogens with two attached hydrogens (primary N) is 1. The fourth-order valence-corrected chi connectivity index (χ4v) is 1.57. The van der Waals surface area contributed by atoms with Crippen molar-refractivity contribution in [1.29, 1.82) is 0 Å². The van der Waals surface area contributed by atoms with Crippen molar-refractivity contribution in [2.45, 2.75) is 38.4 Å². The number of hydrogen-bond donors (Lipinski definition) is 1. The molecule has 0 aromatic carbocycles. The van der Waals surface area contributed by atoms with Crippen molar-refractivity contribution in [1.82, 2.24) is 4.90 Å². The molecule has 2 N–H and O–H groups in total. The molecule has 3 heteroatoms. The molecule has 2 atom stereocenters. The summed E-state index contributed by atoms with van der Waals surface area (Å²) in [6.07, 6.45) is 2.35. The molecule has 0 unspecified atom stereocenters. The molecule has 1 rings (SSSR count). The number of alkyl halides is 1. The SMILES string of the molecule is CCCCN1CC[C@@H](N)[C@@H](F)C1. The van der Waals surface area contributed by atoms with Crippen molar-refractivity contribution in [3.8, 4) is 0 Å². The minimum Gasteiger partial charge on any atom is -0.325 e. The maximum absolute atomic E-state index is 13.1. The highest BCUT2D eigenvalue weighted by molar-refractivity contribution is 4.82. The molecule has 12 heavy (non-hydrogen) atoms. The normalized spacial score (nSPS) is 32.2. The van der Waals surface area contributed by atoms with Crippen molar-refractivity contribution in [2.24, 2.45) is 5.73 Å². The Morgan fingerprint density at radius 1 is 1.58 bits per heavy atom. The van der Waals surface area contributed by atoms with Gasteiger partial charge in [-0.25, -0.2) is 4.39 Å². The molecule has 0 aliphatic carbocycles. The van der Waals surface area contributed by atoms with Gasteiger partial charge in [0.15, 0.2) is 0 Å². The fourth-order valence-electron chi connectivity index (χ4n) is 1.57. The molecule has 0 radical (unpaired) electrons. The van der Waals surface area contributed by atoms with Gasteiger partial charge in [0, 0.05) is 12.6 Å². The van der Waals surface area contributed by atoms with Gasteiger partial charge in [0.25, 0.3) is 0 Å². The van der Waals surface area contributed by atoms with E-state index >= 15 is 0 Å². The van der Waals surface area contributed by atoms with Crippen LogP contribution in [-0.4, -0.2) is 36.7 Å². The summed E-state index contributed by atoms with van der Waals surface area (Å²) < 4.78 is 13.1. The third kappa shape index (κ3) is 2.72.